The summed E-state index contributed by atoms with van der Waals surface area (Å²) in [6.45, 7) is 7.30. The minimum absolute atomic E-state index is 0.178. The van der Waals surface area contributed by atoms with E-state index in [0.29, 0.717) is 31.0 Å². The van der Waals surface area contributed by atoms with E-state index in [1.165, 1.54) is 0 Å². The van der Waals surface area contributed by atoms with E-state index in [1.54, 1.807) is 11.0 Å². The van der Waals surface area contributed by atoms with Gasteiger partial charge in [-0.1, -0.05) is 24.3 Å². The van der Waals surface area contributed by atoms with E-state index in [2.05, 4.69) is 0 Å². The molecule has 1 fully saturated rings. The van der Waals surface area contributed by atoms with Crippen molar-refractivity contribution < 1.29 is 19.1 Å². The van der Waals surface area contributed by atoms with Gasteiger partial charge in [0.2, 0.25) is 0 Å². The van der Waals surface area contributed by atoms with Crippen LogP contribution in [0.25, 0.3) is 10.8 Å². The number of carbonyl (C=O) groups is 2. The van der Waals surface area contributed by atoms with Crippen molar-refractivity contribution in [2.24, 2.45) is 5.92 Å². The molecular formula is C24H28N2O4. The van der Waals surface area contributed by atoms with Gasteiger partial charge in [0.1, 0.15) is 11.4 Å². The number of hydrogen-bond acceptors (Lipinski definition) is 5. The second-order valence-corrected chi connectivity index (χ2v) is 8.68. The van der Waals surface area contributed by atoms with Gasteiger partial charge in [0.25, 0.3) is 0 Å². The van der Waals surface area contributed by atoms with Crippen molar-refractivity contribution in [1.82, 2.24) is 4.90 Å². The van der Waals surface area contributed by atoms with E-state index in [0.717, 1.165) is 23.6 Å². The van der Waals surface area contributed by atoms with Gasteiger partial charge in [0.15, 0.2) is 5.78 Å². The van der Waals surface area contributed by atoms with Crippen molar-refractivity contribution in [1.29, 1.82) is 5.26 Å². The Bertz CT molecular complexity index is 963. The van der Waals surface area contributed by atoms with E-state index in [9.17, 15) is 9.59 Å². The minimum atomic E-state index is -0.501. The molecule has 0 aliphatic carbocycles. The number of carbonyl (C=O) groups excluding carboxylic acids is 2. The van der Waals surface area contributed by atoms with Crippen LogP contribution in [0.5, 0.6) is 5.75 Å². The highest BCUT2D eigenvalue weighted by Crippen LogP contribution is 2.29. The molecule has 0 unspecified atom stereocenters. The second-order valence-electron chi connectivity index (χ2n) is 8.68. The number of nitrogens with zero attached hydrogens (tertiary/aromatic N) is 2. The number of fused-ring (bicyclic) bond motifs is 1. The molecule has 2 aromatic rings. The quantitative estimate of drug-likeness (QED) is 0.653. The number of benzene rings is 2. The molecule has 3 rings (SSSR count). The Kier molecular flexibility index (Phi) is 6.61. The molecule has 0 saturated carbocycles. The molecule has 1 heterocycles. The molecule has 6 heteroatoms. The van der Waals surface area contributed by atoms with Gasteiger partial charge < -0.3 is 14.4 Å². The van der Waals surface area contributed by atoms with Gasteiger partial charge in [-0.3, -0.25) is 4.79 Å². The number of likely N-dealkylation sites (tertiary alicyclic amines) is 1. The fourth-order valence-corrected chi connectivity index (χ4v) is 3.54. The van der Waals surface area contributed by atoms with E-state index in [4.69, 9.17) is 14.7 Å². The number of nitriles is 1. The van der Waals surface area contributed by atoms with Gasteiger partial charge in [0, 0.05) is 13.1 Å². The second kappa shape index (κ2) is 9.17. The first kappa shape index (κ1) is 21.6. The van der Waals surface area contributed by atoms with Crippen LogP contribution in [0.1, 0.15) is 50.4 Å². The summed E-state index contributed by atoms with van der Waals surface area (Å²) in [4.78, 5) is 26.4. The largest absolute Gasteiger partial charge is 0.493 e. The number of hydrogen-bond donors (Lipinski definition) is 0. The molecule has 2 aromatic carbocycles. The number of amides is 1. The number of ketones is 1. The fraction of sp³-hybridized carbons (Fsp3) is 0.458. The molecule has 30 heavy (non-hydrogen) atoms. The fourth-order valence-electron chi connectivity index (χ4n) is 3.54. The molecule has 158 valence electrons. The van der Waals surface area contributed by atoms with Crippen LogP contribution >= 0.6 is 0 Å². The zero-order valence-corrected chi connectivity index (χ0v) is 17.8. The Labute approximate surface area is 177 Å². The van der Waals surface area contributed by atoms with E-state index in [1.807, 2.05) is 57.2 Å². The third kappa shape index (κ3) is 5.50. The summed E-state index contributed by atoms with van der Waals surface area (Å²) in [6, 6.07) is 13.4. The minimum Gasteiger partial charge on any atom is -0.493 e. The molecule has 1 aliphatic heterocycles. The van der Waals surface area contributed by atoms with Crippen LogP contribution in [-0.2, 0) is 4.74 Å². The maximum absolute atomic E-state index is 12.4. The normalized spacial score (nSPS) is 14.9. The SMILES string of the molecule is CC(C)(C)OC(=O)N1CCC(COc2cc3ccccc3cc2C(=O)CC#N)CC1. The maximum Gasteiger partial charge on any atom is 0.410 e. The highest BCUT2D eigenvalue weighted by atomic mass is 16.6. The number of piperidine rings is 1. The summed E-state index contributed by atoms with van der Waals surface area (Å²) in [7, 11) is 0. The molecule has 0 radical (unpaired) electrons. The van der Waals surface area contributed by atoms with Crippen LogP contribution in [-0.4, -0.2) is 42.1 Å². The standard InChI is InChI=1S/C24H28N2O4/c1-24(2,3)30-23(28)26-12-9-17(10-13-26)16-29-22-15-19-7-5-4-6-18(19)14-20(22)21(27)8-11-25/h4-7,14-15,17H,8-10,12-13,16H2,1-3H3. The molecule has 0 N–H and O–H groups in total. The van der Waals surface area contributed by atoms with Gasteiger partial charge in [-0.05, 0) is 62.4 Å². The van der Waals surface area contributed by atoms with Crippen LogP contribution in [0.15, 0.2) is 36.4 Å². The van der Waals surface area contributed by atoms with Gasteiger partial charge in [-0.15, -0.1) is 0 Å². The lowest BCUT2D eigenvalue weighted by molar-refractivity contribution is 0.0164. The van der Waals surface area contributed by atoms with Crippen LogP contribution in [0.2, 0.25) is 0 Å². The molecule has 1 saturated heterocycles. The Balaban J connectivity index is 1.65. The first-order chi connectivity index (χ1) is 14.3. The molecular weight excluding hydrogens is 380 g/mol. The first-order valence-electron chi connectivity index (χ1n) is 10.3. The first-order valence-corrected chi connectivity index (χ1v) is 10.3. The molecule has 0 atom stereocenters. The lowest BCUT2D eigenvalue weighted by Crippen LogP contribution is -2.42. The van der Waals surface area contributed by atoms with E-state index < -0.39 is 5.60 Å². The van der Waals surface area contributed by atoms with Crippen molar-refractivity contribution in [3.05, 3.63) is 42.0 Å². The van der Waals surface area contributed by atoms with Crippen LogP contribution in [0, 0.1) is 17.2 Å². The Morgan fingerprint density at radius 1 is 1.13 bits per heavy atom. The average molecular weight is 408 g/mol. The number of rotatable bonds is 5. The van der Waals surface area contributed by atoms with Gasteiger partial charge in [-0.25, -0.2) is 4.79 Å². The predicted molar refractivity (Wildman–Crippen MR) is 115 cm³/mol. The summed E-state index contributed by atoms with van der Waals surface area (Å²) in [6.07, 6.45) is 1.17. The van der Waals surface area contributed by atoms with Gasteiger partial charge in [-0.2, -0.15) is 5.26 Å². The summed E-state index contributed by atoms with van der Waals surface area (Å²) in [5.41, 5.74) is -0.0547. The molecule has 1 aliphatic rings. The van der Waals surface area contributed by atoms with Crippen LogP contribution in [0.3, 0.4) is 0 Å². The third-order valence-corrected chi connectivity index (χ3v) is 5.13. The van der Waals surface area contributed by atoms with Crippen molar-refractivity contribution >= 4 is 22.6 Å². The van der Waals surface area contributed by atoms with Crippen molar-refractivity contribution in [3.8, 4) is 11.8 Å². The van der Waals surface area contributed by atoms with Gasteiger partial charge in [0.05, 0.1) is 24.7 Å². The predicted octanol–water partition coefficient (Wildman–Crippen LogP) is 4.96. The highest BCUT2D eigenvalue weighted by molar-refractivity contribution is 6.03. The van der Waals surface area contributed by atoms with E-state index >= 15 is 0 Å². The molecule has 0 bridgehead atoms. The van der Waals surface area contributed by atoms with Gasteiger partial charge >= 0.3 is 6.09 Å². The zero-order valence-electron chi connectivity index (χ0n) is 17.8. The topological polar surface area (TPSA) is 79.6 Å². The Hall–Kier alpha value is -3.07. The van der Waals surface area contributed by atoms with Crippen molar-refractivity contribution in [2.45, 2.75) is 45.6 Å². The summed E-state index contributed by atoms with van der Waals surface area (Å²) in [5.74, 6) is 0.565. The zero-order chi connectivity index (χ0) is 21.7. The van der Waals surface area contributed by atoms with Crippen molar-refractivity contribution in [2.75, 3.05) is 19.7 Å². The molecule has 0 spiro atoms. The summed E-state index contributed by atoms with van der Waals surface area (Å²) in [5, 5.41) is 10.9. The summed E-state index contributed by atoms with van der Waals surface area (Å²) < 4.78 is 11.5. The maximum atomic E-state index is 12.4. The smallest absolute Gasteiger partial charge is 0.410 e. The average Bonchev–Trinajstić information content (AvgIpc) is 2.71. The monoisotopic (exact) mass is 408 g/mol. The van der Waals surface area contributed by atoms with Crippen molar-refractivity contribution in [3.63, 3.8) is 0 Å². The van der Waals surface area contributed by atoms with Crippen LogP contribution in [0.4, 0.5) is 4.79 Å². The van der Waals surface area contributed by atoms with Crippen LogP contribution < -0.4 is 4.74 Å². The number of Topliss-reactive ketones (excluding diaryl/α,β-unsaturated/α-hetero) is 1. The molecule has 1 amide bonds. The Morgan fingerprint density at radius 3 is 2.37 bits per heavy atom. The lowest BCUT2D eigenvalue weighted by atomic mass is 9.97. The highest BCUT2D eigenvalue weighted by Gasteiger charge is 2.27. The Morgan fingerprint density at radius 2 is 1.77 bits per heavy atom. The molecule has 0 aromatic heterocycles. The molecule has 6 nitrogen and oxygen atoms in total. The lowest BCUT2D eigenvalue weighted by Gasteiger charge is -2.33. The van der Waals surface area contributed by atoms with E-state index in [-0.39, 0.29) is 24.2 Å². The summed E-state index contributed by atoms with van der Waals surface area (Å²) >= 11 is 0. The third-order valence-electron chi connectivity index (χ3n) is 5.13. The number of ether oxygens (including phenoxy) is 2.